The van der Waals surface area contributed by atoms with Crippen LogP contribution in [0.2, 0.25) is 0 Å². The Hall–Kier alpha value is -1.08. The molecule has 76 valence electrons. The van der Waals surface area contributed by atoms with Crippen LogP contribution in [0.5, 0.6) is 0 Å². The molecule has 0 amide bonds. The van der Waals surface area contributed by atoms with Gasteiger partial charge in [0.25, 0.3) is 0 Å². The highest BCUT2D eigenvalue weighted by molar-refractivity contribution is 5.23. The first-order valence-corrected chi connectivity index (χ1v) is 5.11. The zero-order valence-electron chi connectivity index (χ0n) is 8.71. The molecule has 1 N–H and O–H groups in total. The van der Waals surface area contributed by atoms with Crippen LogP contribution in [0.25, 0.3) is 0 Å². The lowest BCUT2D eigenvalue weighted by Gasteiger charge is -2.28. The Morgan fingerprint density at radius 1 is 1.29 bits per heavy atom. The van der Waals surface area contributed by atoms with E-state index >= 15 is 0 Å². The van der Waals surface area contributed by atoms with Gasteiger partial charge in [0.1, 0.15) is 0 Å². The van der Waals surface area contributed by atoms with Crippen molar-refractivity contribution in [3.63, 3.8) is 0 Å². The molecule has 1 aliphatic heterocycles. The lowest BCUT2D eigenvalue weighted by atomic mass is 9.94. The maximum atomic E-state index is 3.83. The Labute approximate surface area is 86.9 Å². The first-order valence-electron chi connectivity index (χ1n) is 5.11. The summed E-state index contributed by atoms with van der Waals surface area (Å²) in [7, 11) is 0. The molecular weight excluding hydrogens is 170 g/mol. The van der Waals surface area contributed by atoms with Crippen molar-refractivity contribution in [3.8, 4) is 0 Å². The zero-order valence-corrected chi connectivity index (χ0v) is 8.71. The van der Waals surface area contributed by atoms with Crippen molar-refractivity contribution < 1.29 is 0 Å². The minimum atomic E-state index is 0.416. The molecule has 1 heteroatoms. The molecule has 1 rings (SSSR count). The summed E-state index contributed by atoms with van der Waals surface area (Å²) < 4.78 is 0. The lowest BCUT2D eigenvalue weighted by molar-refractivity contribution is 0.448. The van der Waals surface area contributed by atoms with E-state index in [2.05, 4.69) is 31.1 Å². The molecule has 1 nitrogen and oxygen atoms in total. The fraction of sp³-hybridized carbons (Fsp3) is 0.385. The monoisotopic (exact) mass is 189 g/mol. The molecule has 0 spiro atoms. The second-order valence-electron chi connectivity index (χ2n) is 3.67. The normalized spacial score (nSPS) is 26.4. The van der Waals surface area contributed by atoms with E-state index in [0.29, 0.717) is 12.1 Å². The summed E-state index contributed by atoms with van der Waals surface area (Å²) in [6, 6.07) is 0.926. The van der Waals surface area contributed by atoms with Gasteiger partial charge in [0, 0.05) is 12.1 Å². The van der Waals surface area contributed by atoms with Crippen LogP contribution in [0, 0.1) is 0 Å². The number of hydrogen-bond donors (Lipinski definition) is 1. The Bertz CT molecular complexity index is 250. The van der Waals surface area contributed by atoms with E-state index in [4.69, 9.17) is 0 Å². The third kappa shape index (κ3) is 3.00. The van der Waals surface area contributed by atoms with Gasteiger partial charge >= 0.3 is 0 Å². The van der Waals surface area contributed by atoms with Gasteiger partial charge in [-0.2, -0.15) is 0 Å². The molecule has 0 saturated heterocycles. The molecule has 0 fully saturated rings. The molecule has 1 aliphatic rings. The van der Waals surface area contributed by atoms with Crippen molar-refractivity contribution >= 4 is 0 Å². The molecule has 0 aliphatic carbocycles. The van der Waals surface area contributed by atoms with Gasteiger partial charge in [0.15, 0.2) is 0 Å². The molecule has 0 aromatic carbocycles. The minimum Gasteiger partial charge on any atom is -0.307 e. The summed E-state index contributed by atoms with van der Waals surface area (Å²) in [5, 5.41) is 3.55. The molecule has 2 atom stereocenters. The molecule has 1 heterocycles. The Kier molecular flexibility index (Phi) is 4.41. The maximum absolute atomic E-state index is 3.83. The number of rotatable bonds is 5. The quantitative estimate of drug-likeness (QED) is 0.656. The van der Waals surface area contributed by atoms with Gasteiger partial charge in [-0.05, 0) is 24.8 Å². The molecule has 0 unspecified atom stereocenters. The summed E-state index contributed by atoms with van der Waals surface area (Å²) >= 11 is 0. The highest BCUT2D eigenvalue weighted by atomic mass is 15.0. The Balaban J connectivity index is 2.64. The highest BCUT2D eigenvalue weighted by Crippen LogP contribution is 2.18. The SMILES string of the molecule is C=CC[C@H]1CC(C=C)=C[C@@H](CC=C)N1. The first kappa shape index (κ1) is 11.0. The van der Waals surface area contributed by atoms with E-state index < -0.39 is 0 Å². The van der Waals surface area contributed by atoms with E-state index in [1.54, 1.807) is 0 Å². The molecule has 0 aromatic rings. The van der Waals surface area contributed by atoms with Crippen molar-refractivity contribution in [1.82, 2.24) is 5.32 Å². The number of nitrogens with one attached hydrogen (secondary N) is 1. The highest BCUT2D eigenvalue weighted by Gasteiger charge is 2.17. The average molecular weight is 189 g/mol. The largest absolute Gasteiger partial charge is 0.307 e. The van der Waals surface area contributed by atoms with Crippen LogP contribution in [-0.2, 0) is 0 Å². The summed E-state index contributed by atoms with van der Waals surface area (Å²) in [6.45, 7) is 11.4. The lowest BCUT2D eigenvalue weighted by Crippen LogP contribution is -2.40. The standard InChI is InChI=1S/C13H19N/c1-4-7-12-9-11(6-3)10-13(14-12)8-5-2/h4-6,9,12-14H,1-3,7-8,10H2/t12-,13+/m1/s1. The molecule has 0 radical (unpaired) electrons. The van der Waals surface area contributed by atoms with E-state index in [1.165, 1.54) is 5.57 Å². The van der Waals surface area contributed by atoms with Gasteiger partial charge in [0.05, 0.1) is 0 Å². The topological polar surface area (TPSA) is 12.0 Å². The Morgan fingerprint density at radius 2 is 2.00 bits per heavy atom. The van der Waals surface area contributed by atoms with Gasteiger partial charge < -0.3 is 5.32 Å². The summed E-state index contributed by atoms with van der Waals surface area (Å²) in [5.41, 5.74) is 1.34. The smallest absolute Gasteiger partial charge is 0.0292 e. The third-order valence-corrected chi connectivity index (χ3v) is 2.48. The molecule has 0 saturated carbocycles. The van der Waals surface area contributed by atoms with Crippen molar-refractivity contribution in [1.29, 1.82) is 0 Å². The Morgan fingerprint density at radius 3 is 2.57 bits per heavy atom. The van der Waals surface area contributed by atoms with Gasteiger partial charge in [-0.1, -0.05) is 30.9 Å². The molecule has 14 heavy (non-hydrogen) atoms. The van der Waals surface area contributed by atoms with Crippen LogP contribution in [0.15, 0.2) is 49.6 Å². The van der Waals surface area contributed by atoms with E-state index in [0.717, 1.165) is 19.3 Å². The molecule has 0 bridgehead atoms. The summed E-state index contributed by atoms with van der Waals surface area (Å²) in [6.07, 6.45) is 11.2. The van der Waals surface area contributed by atoms with E-state index in [1.807, 2.05) is 18.2 Å². The van der Waals surface area contributed by atoms with Crippen molar-refractivity contribution in [2.24, 2.45) is 0 Å². The van der Waals surface area contributed by atoms with Gasteiger partial charge in [-0.3, -0.25) is 0 Å². The van der Waals surface area contributed by atoms with Gasteiger partial charge in [-0.15, -0.1) is 13.2 Å². The third-order valence-electron chi connectivity index (χ3n) is 2.48. The fourth-order valence-corrected chi connectivity index (χ4v) is 1.84. The van der Waals surface area contributed by atoms with Crippen LogP contribution >= 0.6 is 0 Å². The molecular formula is C13H19N. The molecule has 0 aromatic heterocycles. The summed E-state index contributed by atoms with van der Waals surface area (Å²) in [5.74, 6) is 0. The second kappa shape index (κ2) is 5.61. The zero-order chi connectivity index (χ0) is 10.4. The minimum absolute atomic E-state index is 0.416. The van der Waals surface area contributed by atoms with Crippen molar-refractivity contribution in [2.45, 2.75) is 31.3 Å². The van der Waals surface area contributed by atoms with Crippen LogP contribution < -0.4 is 5.32 Å². The van der Waals surface area contributed by atoms with Crippen LogP contribution in [0.4, 0.5) is 0 Å². The average Bonchev–Trinajstić information content (AvgIpc) is 2.18. The van der Waals surface area contributed by atoms with Crippen LogP contribution in [-0.4, -0.2) is 12.1 Å². The second-order valence-corrected chi connectivity index (χ2v) is 3.67. The van der Waals surface area contributed by atoms with Gasteiger partial charge in [0.2, 0.25) is 0 Å². The van der Waals surface area contributed by atoms with E-state index in [-0.39, 0.29) is 0 Å². The first-order chi connectivity index (χ1) is 6.80. The van der Waals surface area contributed by atoms with Crippen LogP contribution in [0.1, 0.15) is 19.3 Å². The van der Waals surface area contributed by atoms with Crippen molar-refractivity contribution in [2.75, 3.05) is 0 Å². The number of allylic oxidation sites excluding steroid dienone is 1. The van der Waals surface area contributed by atoms with Crippen LogP contribution in [0.3, 0.4) is 0 Å². The fourth-order valence-electron chi connectivity index (χ4n) is 1.84. The summed E-state index contributed by atoms with van der Waals surface area (Å²) in [4.78, 5) is 0. The maximum Gasteiger partial charge on any atom is 0.0292 e. The predicted octanol–water partition coefficient (Wildman–Crippen LogP) is 2.98. The van der Waals surface area contributed by atoms with E-state index in [9.17, 15) is 0 Å². The van der Waals surface area contributed by atoms with Gasteiger partial charge in [-0.25, -0.2) is 0 Å². The predicted molar refractivity (Wildman–Crippen MR) is 63.2 cm³/mol. The van der Waals surface area contributed by atoms with Crippen molar-refractivity contribution in [3.05, 3.63) is 49.6 Å². The number of hydrogen-bond acceptors (Lipinski definition) is 1.